The lowest BCUT2D eigenvalue weighted by atomic mass is 10.1. The number of ether oxygens (including phenoxy) is 1. The summed E-state index contributed by atoms with van der Waals surface area (Å²) < 4.78 is 4.35. The molecular weight excluding hydrogens is 144 g/mol. The Morgan fingerprint density at radius 3 is 2.64 bits per heavy atom. The smallest absolute Gasteiger partial charge is 0.336 e. The fourth-order valence-corrected chi connectivity index (χ4v) is 0.550. The van der Waals surface area contributed by atoms with E-state index in [0.29, 0.717) is 0 Å². The van der Waals surface area contributed by atoms with Gasteiger partial charge in [0.2, 0.25) is 0 Å². The number of carbonyl (C=O) groups excluding carboxylic acids is 1. The number of rotatable bonds is 3. The Balaban J connectivity index is 4.13. The predicted molar refractivity (Wildman–Crippen MR) is 42.0 cm³/mol. The van der Waals surface area contributed by atoms with Gasteiger partial charge in [-0.2, -0.15) is 0 Å². The van der Waals surface area contributed by atoms with Gasteiger partial charge >= 0.3 is 5.97 Å². The van der Waals surface area contributed by atoms with Crippen LogP contribution in [0.2, 0.25) is 0 Å². The highest BCUT2D eigenvalue weighted by molar-refractivity contribution is 5.89. The average molecular weight is 156 g/mol. The van der Waals surface area contributed by atoms with Crippen LogP contribution in [-0.4, -0.2) is 24.3 Å². The van der Waals surface area contributed by atoms with Crippen molar-refractivity contribution in [2.45, 2.75) is 13.0 Å². The number of esters is 1. The van der Waals surface area contributed by atoms with Gasteiger partial charge in [-0.15, -0.1) is 0 Å². The maximum Gasteiger partial charge on any atom is 0.336 e. The van der Waals surface area contributed by atoms with Crippen molar-refractivity contribution in [3.63, 3.8) is 0 Å². The monoisotopic (exact) mass is 156 g/mol. The first-order chi connectivity index (χ1) is 5.13. The van der Waals surface area contributed by atoms with Crippen LogP contribution in [0.25, 0.3) is 0 Å². The van der Waals surface area contributed by atoms with Gasteiger partial charge in [0, 0.05) is 0 Å². The van der Waals surface area contributed by atoms with Crippen LogP contribution >= 0.6 is 0 Å². The second kappa shape index (κ2) is 4.68. The molecular formula is C8H12O3. The highest BCUT2D eigenvalue weighted by Crippen LogP contribution is 2.02. The van der Waals surface area contributed by atoms with Gasteiger partial charge in [0.25, 0.3) is 0 Å². The van der Waals surface area contributed by atoms with Crippen LogP contribution in [0.1, 0.15) is 6.92 Å². The van der Waals surface area contributed by atoms with E-state index in [2.05, 4.69) is 11.3 Å². The van der Waals surface area contributed by atoms with Crippen LogP contribution < -0.4 is 0 Å². The van der Waals surface area contributed by atoms with E-state index in [1.54, 1.807) is 13.0 Å². The number of methoxy groups -OCH3 is 1. The van der Waals surface area contributed by atoms with Crippen molar-refractivity contribution in [3.8, 4) is 0 Å². The lowest BCUT2D eigenvalue weighted by Gasteiger charge is -2.05. The van der Waals surface area contributed by atoms with Crippen molar-refractivity contribution >= 4 is 5.97 Å². The second-order valence-electron chi connectivity index (χ2n) is 1.99. The predicted octanol–water partition coefficient (Wildman–Crippen LogP) is 0.653. The van der Waals surface area contributed by atoms with E-state index in [4.69, 9.17) is 5.11 Å². The highest BCUT2D eigenvalue weighted by Gasteiger charge is 2.12. The third-order valence-electron chi connectivity index (χ3n) is 1.18. The number of aliphatic hydroxyl groups excluding tert-OH is 1. The molecule has 0 saturated carbocycles. The highest BCUT2D eigenvalue weighted by atomic mass is 16.5. The molecule has 0 spiro atoms. The van der Waals surface area contributed by atoms with Gasteiger partial charge in [0.05, 0.1) is 12.7 Å². The largest absolute Gasteiger partial charge is 0.466 e. The summed E-state index contributed by atoms with van der Waals surface area (Å²) in [5.74, 6) is -0.587. The summed E-state index contributed by atoms with van der Waals surface area (Å²) >= 11 is 0. The molecule has 3 nitrogen and oxygen atoms in total. The Bertz CT molecular complexity index is 182. The van der Waals surface area contributed by atoms with E-state index in [1.165, 1.54) is 13.2 Å². The lowest BCUT2D eigenvalue weighted by Crippen LogP contribution is -2.15. The average Bonchev–Trinajstić information content (AvgIpc) is 2.02. The Kier molecular flexibility index (Phi) is 4.22. The fourth-order valence-electron chi connectivity index (χ4n) is 0.550. The molecule has 0 fully saturated rings. The van der Waals surface area contributed by atoms with Crippen LogP contribution in [0.5, 0.6) is 0 Å². The van der Waals surface area contributed by atoms with Gasteiger partial charge in [-0.3, -0.25) is 0 Å². The molecule has 1 unspecified atom stereocenters. The van der Waals surface area contributed by atoms with Gasteiger partial charge in [0.1, 0.15) is 6.10 Å². The standard InChI is InChI=1S/C8H12O3/c1-4-5-7(9)6(2)8(10)11-3/h4-5,7,9H,2H2,1,3H3/b5-4+. The van der Waals surface area contributed by atoms with Crippen LogP contribution in [0.4, 0.5) is 0 Å². The molecule has 0 aliphatic heterocycles. The van der Waals surface area contributed by atoms with Gasteiger partial charge in [-0.25, -0.2) is 4.79 Å². The lowest BCUT2D eigenvalue weighted by molar-refractivity contribution is -0.136. The molecule has 11 heavy (non-hydrogen) atoms. The van der Waals surface area contributed by atoms with Gasteiger partial charge in [0.15, 0.2) is 0 Å². The number of carbonyl (C=O) groups is 1. The minimum atomic E-state index is -0.938. The molecule has 0 heterocycles. The summed E-state index contributed by atoms with van der Waals surface area (Å²) in [5, 5.41) is 9.13. The number of hydrogen-bond donors (Lipinski definition) is 1. The van der Waals surface area contributed by atoms with Crippen LogP contribution in [0, 0.1) is 0 Å². The third kappa shape index (κ3) is 3.00. The maximum atomic E-state index is 10.7. The van der Waals surface area contributed by atoms with Crippen molar-refractivity contribution in [1.82, 2.24) is 0 Å². The van der Waals surface area contributed by atoms with E-state index in [-0.39, 0.29) is 5.57 Å². The molecule has 62 valence electrons. The topological polar surface area (TPSA) is 46.5 Å². The first kappa shape index (κ1) is 9.91. The summed E-state index contributed by atoms with van der Waals surface area (Å²) in [7, 11) is 1.25. The summed E-state index contributed by atoms with van der Waals surface area (Å²) in [6.07, 6.45) is 2.16. The molecule has 0 rings (SSSR count). The zero-order valence-electron chi connectivity index (χ0n) is 6.70. The molecule has 0 aliphatic rings. The quantitative estimate of drug-likeness (QED) is 0.371. The molecule has 0 bridgehead atoms. The molecule has 0 aromatic carbocycles. The van der Waals surface area contributed by atoms with E-state index >= 15 is 0 Å². The SMILES string of the molecule is C=C(C(=O)OC)C(O)/C=C/C. The maximum absolute atomic E-state index is 10.7. The normalized spacial score (nSPS) is 13.0. The van der Waals surface area contributed by atoms with E-state index in [9.17, 15) is 4.79 Å². The fraction of sp³-hybridized carbons (Fsp3) is 0.375. The van der Waals surface area contributed by atoms with Crippen molar-refractivity contribution in [1.29, 1.82) is 0 Å². The number of allylic oxidation sites excluding steroid dienone is 1. The van der Waals surface area contributed by atoms with Gasteiger partial charge in [-0.05, 0) is 6.92 Å². The molecule has 0 aromatic rings. The van der Waals surface area contributed by atoms with Gasteiger partial charge in [-0.1, -0.05) is 18.7 Å². The number of aliphatic hydroxyl groups is 1. The van der Waals surface area contributed by atoms with E-state index in [1.807, 2.05) is 0 Å². The molecule has 0 radical (unpaired) electrons. The Labute approximate surface area is 66.0 Å². The summed E-state index contributed by atoms with van der Waals surface area (Å²) in [6.45, 7) is 5.11. The Morgan fingerprint density at radius 1 is 1.73 bits per heavy atom. The van der Waals surface area contributed by atoms with E-state index in [0.717, 1.165) is 0 Å². The first-order valence-electron chi connectivity index (χ1n) is 3.21. The third-order valence-corrected chi connectivity index (χ3v) is 1.18. The minimum absolute atomic E-state index is 0.0469. The zero-order valence-corrected chi connectivity index (χ0v) is 6.70. The minimum Gasteiger partial charge on any atom is -0.466 e. The molecule has 1 atom stereocenters. The molecule has 0 aliphatic carbocycles. The van der Waals surface area contributed by atoms with Gasteiger partial charge < -0.3 is 9.84 Å². The van der Waals surface area contributed by atoms with Crippen molar-refractivity contribution in [3.05, 3.63) is 24.3 Å². The Morgan fingerprint density at radius 2 is 2.27 bits per heavy atom. The van der Waals surface area contributed by atoms with E-state index < -0.39 is 12.1 Å². The summed E-state index contributed by atoms with van der Waals surface area (Å²) in [4.78, 5) is 10.7. The van der Waals surface area contributed by atoms with Crippen LogP contribution in [0.15, 0.2) is 24.3 Å². The van der Waals surface area contributed by atoms with Crippen LogP contribution in [0.3, 0.4) is 0 Å². The molecule has 1 N–H and O–H groups in total. The van der Waals surface area contributed by atoms with Crippen molar-refractivity contribution < 1.29 is 14.6 Å². The zero-order chi connectivity index (χ0) is 8.85. The molecule has 0 amide bonds. The summed E-state index contributed by atoms with van der Waals surface area (Å²) in [6, 6.07) is 0. The molecule has 0 aromatic heterocycles. The molecule has 0 saturated heterocycles. The first-order valence-corrected chi connectivity index (χ1v) is 3.21. The van der Waals surface area contributed by atoms with Crippen LogP contribution in [-0.2, 0) is 9.53 Å². The molecule has 3 heteroatoms. The Hall–Kier alpha value is -1.09. The van der Waals surface area contributed by atoms with Crippen molar-refractivity contribution in [2.75, 3.05) is 7.11 Å². The van der Waals surface area contributed by atoms with Crippen molar-refractivity contribution in [2.24, 2.45) is 0 Å². The summed E-state index contributed by atoms with van der Waals surface area (Å²) in [5.41, 5.74) is 0.0469. The number of hydrogen-bond acceptors (Lipinski definition) is 3. The second-order valence-corrected chi connectivity index (χ2v) is 1.99.